The molecule has 0 aromatic carbocycles. The lowest BCUT2D eigenvalue weighted by Gasteiger charge is -2.38. The largest absolute Gasteiger partial charge is 0.379 e. The Bertz CT molecular complexity index is 373. The summed E-state index contributed by atoms with van der Waals surface area (Å²) < 4.78 is 11.3. The molecule has 17 heavy (non-hydrogen) atoms. The molecule has 0 amide bonds. The Hall–Kier alpha value is -1.20. The van der Waals surface area contributed by atoms with Crippen molar-refractivity contribution in [3.63, 3.8) is 0 Å². The summed E-state index contributed by atoms with van der Waals surface area (Å²) in [6.07, 6.45) is 6.09. The van der Waals surface area contributed by atoms with E-state index in [1.165, 1.54) is 0 Å². The maximum absolute atomic E-state index is 5.83. The minimum Gasteiger partial charge on any atom is -0.379 e. The molecule has 2 aliphatic rings. The van der Waals surface area contributed by atoms with Gasteiger partial charge >= 0.3 is 0 Å². The van der Waals surface area contributed by atoms with E-state index in [9.17, 15) is 0 Å². The number of rotatable bonds is 2. The highest BCUT2D eigenvalue weighted by atomic mass is 16.5. The van der Waals surface area contributed by atoms with Crippen LogP contribution in [0.4, 0.5) is 5.95 Å². The second-order valence-electron chi connectivity index (χ2n) is 4.50. The van der Waals surface area contributed by atoms with Crippen molar-refractivity contribution in [3.05, 3.63) is 18.5 Å². The fraction of sp³-hybridized carbons (Fsp3) is 0.667. The van der Waals surface area contributed by atoms with Gasteiger partial charge in [0.2, 0.25) is 5.95 Å². The molecule has 5 heteroatoms. The van der Waals surface area contributed by atoms with E-state index in [4.69, 9.17) is 9.47 Å². The van der Waals surface area contributed by atoms with Crippen molar-refractivity contribution in [2.75, 3.05) is 25.2 Å². The molecule has 5 nitrogen and oxygen atoms in total. The third-order valence-electron chi connectivity index (χ3n) is 3.65. The number of methoxy groups -OCH3 is 1. The smallest absolute Gasteiger partial charge is 0.225 e. The van der Waals surface area contributed by atoms with Crippen LogP contribution >= 0.6 is 0 Å². The van der Waals surface area contributed by atoms with Gasteiger partial charge in [-0.15, -0.1) is 0 Å². The zero-order valence-corrected chi connectivity index (χ0v) is 9.95. The number of anilines is 1. The Morgan fingerprint density at radius 1 is 1.35 bits per heavy atom. The van der Waals surface area contributed by atoms with E-state index in [1.807, 2.05) is 6.07 Å². The van der Waals surface area contributed by atoms with Gasteiger partial charge in [-0.25, -0.2) is 9.97 Å². The molecule has 1 saturated carbocycles. The predicted octanol–water partition coefficient (Wildman–Crippen LogP) is 0.859. The van der Waals surface area contributed by atoms with Crippen LogP contribution in [0.15, 0.2) is 18.5 Å². The van der Waals surface area contributed by atoms with E-state index in [0.717, 1.165) is 31.9 Å². The number of aromatic nitrogens is 2. The van der Waals surface area contributed by atoms with E-state index in [0.29, 0.717) is 6.04 Å². The number of hydrogen-bond donors (Lipinski definition) is 0. The number of fused-ring (bicyclic) bond motifs is 1. The molecule has 0 N–H and O–H groups in total. The van der Waals surface area contributed by atoms with Crippen LogP contribution in [-0.4, -0.2) is 48.5 Å². The fourth-order valence-corrected chi connectivity index (χ4v) is 2.86. The van der Waals surface area contributed by atoms with Crippen molar-refractivity contribution in [2.45, 2.75) is 31.1 Å². The maximum atomic E-state index is 5.83. The molecule has 0 radical (unpaired) electrons. The van der Waals surface area contributed by atoms with Crippen LogP contribution in [-0.2, 0) is 9.47 Å². The van der Waals surface area contributed by atoms with Crippen molar-refractivity contribution in [2.24, 2.45) is 0 Å². The quantitative estimate of drug-likeness (QED) is 0.761. The van der Waals surface area contributed by atoms with Gasteiger partial charge in [0.1, 0.15) is 6.10 Å². The molecular formula is C12H17N3O2. The van der Waals surface area contributed by atoms with Crippen LogP contribution in [0.2, 0.25) is 0 Å². The summed E-state index contributed by atoms with van der Waals surface area (Å²) in [5.74, 6) is 0.808. The minimum atomic E-state index is 0.164. The monoisotopic (exact) mass is 235 g/mol. The van der Waals surface area contributed by atoms with Crippen molar-refractivity contribution < 1.29 is 9.47 Å². The third-order valence-corrected chi connectivity index (χ3v) is 3.65. The Morgan fingerprint density at radius 2 is 2.18 bits per heavy atom. The van der Waals surface area contributed by atoms with Crippen LogP contribution in [0, 0.1) is 0 Å². The lowest BCUT2D eigenvalue weighted by atomic mass is 10.1. The van der Waals surface area contributed by atoms with Gasteiger partial charge in [0.05, 0.1) is 18.8 Å². The summed E-state index contributed by atoms with van der Waals surface area (Å²) >= 11 is 0. The summed E-state index contributed by atoms with van der Waals surface area (Å²) in [6.45, 7) is 1.58. The number of hydrogen-bond acceptors (Lipinski definition) is 5. The zero-order chi connectivity index (χ0) is 11.7. The maximum Gasteiger partial charge on any atom is 0.225 e. The molecule has 2 heterocycles. The molecule has 0 unspecified atom stereocenters. The molecule has 1 aromatic rings. The summed E-state index contributed by atoms with van der Waals surface area (Å²) in [5.41, 5.74) is 0. The zero-order valence-electron chi connectivity index (χ0n) is 9.95. The van der Waals surface area contributed by atoms with Gasteiger partial charge in [-0.3, -0.25) is 0 Å². The Kier molecular flexibility index (Phi) is 2.94. The molecule has 2 fully saturated rings. The molecule has 3 atom stereocenters. The van der Waals surface area contributed by atoms with Crippen molar-refractivity contribution in [1.82, 2.24) is 9.97 Å². The van der Waals surface area contributed by atoms with E-state index >= 15 is 0 Å². The molecule has 0 spiro atoms. The highest BCUT2D eigenvalue weighted by Crippen LogP contribution is 2.33. The Labute approximate surface area is 101 Å². The van der Waals surface area contributed by atoms with E-state index in [1.54, 1.807) is 19.5 Å². The fourth-order valence-electron chi connectivity index (χ4n) is 2.86. The average molecular weight is 235 g/mol. The van der Waals surface area contributed by atoms with Gasteiger partial charge in [-0.05, 0) is 18.9 Å². The SMILES string of the molecule is CO[C@@H]1CC[C@H]2[C@H]1OCCN2c1ncccn1. The van der Waals surface area contributed by atoms with E-state index < -0.39 is 0 Å². The number of morpholine rings is 1. The molecule has 1 aliphatic heterocycles. The topological polar surface area (TPSA) is 47.5 Å². The number of ether oxygens (including phenoxy) is 2. The van der Waals surface area contributed by atoms with E-state index in [-0.39, 0.29) is 12.2 Å². The first-order chi connectivity index (χ1) is 8.40. The molecule has 0 bridgehead atoms. The standard InChI is InChI=1S/C12H17N3O2/c1-16-10-4-3-9-11(10)17-8-7-15(9)12-13-5-2-6-14-12/h2,5-6,9-11H,3-4,7-8H2,1H3/t9-,10+,11+/m0/s1. The van der Waals surface area contributed by atoms with Gasteiger partial charge in [0.25, 0.3) is 0 Å². The second-order valence-corrected chi connectivity index (χ2v) is 4.50. The van der Waals surface area contributed by atoms with Crippen molar-refractivity contribution >= 4 is 5.95 Å². The molecular weight excluding hydrogens is 218 g/mol. The van der Waals surface area contributed by atoms with Crippen molar-refractivity contribution in [1.29, 1.82) is 0 Å². The first kappa shape index (κ1) is 10.9. The highest BCUT2D eigenvalue weighted by molar-refractivity contribution is 5.33. The molecule has 3 rings (SSSR count). The third kappa shape index (κ3) is 1.89. The Morgan fingerprint density at radius 3 is 2.94 bits per heavy atom. The van der Waals surface area contributed by atoms with Crippen LogP contribution in [0.25, 0.3) is 0 Å². The lowest BCUT2D eigenvalue weighted by Crippen LogP contribution is -2.52. The lowest BCUT2D eigenvalue weighted by molar-refractivity contribution is -0.0565. The normalized spacial score (nSPS) is 32.5. The molecule has 1 saturated heterocycles. The summed E-state index contributed by atoms with van der Waals surface area (Å²) in [6, 6.07) is 2.20. The average Bonchev–Trinajstić information content (AvgIpc) is 2.82. The Balaban J connectivity index is 1.82. The van der Waals surface area contributed by atoms with Crippen LogP contribution < -0.4 is 4.90 Å². The van der Waals surface area contributed by atoms with Gasteiger partial charge in [0, 0.05) is 26.0 Å². The predicted molar refractivity (Wildman–Crippen MR) is 62.9 cm³/mol. The molecule has 1 aliphatic carbocycles. The van der Waals surface area contributed by atoms with Gasteiger partial charge in [0.15, 0.2) is 0 Å². The first-order valence-corrected chi connectivity index (χ1v) is 6.08. The molecule has 1 aromatic heterocycles. The summed E-state index contributed by atoms with van der Waals surface area (Å²) in [7, 11) is 1.76. The van der Waals surface area contributed by atoms with Crippen LogP contribution in [0.1, 0.15) is 12.8 Å². The summed E-state index contributed by atoms with van der Waals surface area (Å²) in [5, 5.41) is 0. The van der Waals surface area contributed by atoms with Gasteiger partial charge < -0.3 is 14.4 Å². The highest BCUT2D eigenvalue weighted by Gasteiger charge is 2.43. The second kappa shape index (κ2) is 4.58. The minimum absolute atomic E-state index is 0.164. The van der Waals surface area contributed by atoms with Gasteiger partial charge in [-0.1, -0.05) is 0 Å². The summed E-state index contributed by atoms with van der Waals surface area (Å²) in [4.78, 5) is 10.9. The molecule has 92 valence electrons. The first-order valence-electron chi connectivity index (χ1n) is 6.08. The van der Waals surface area contributed by atoms with Crippen LogP contribution in [0.5, 0.6) is 0 Å². The van der Waals surface area contributed by atoms with Crippen LogP contribution in [0.3, 0.4) is 0 Å². The van der Waals surface area contributed by atoms with Crippen molar-refractivity contribution in [3.8, 4) is 0 Å². The number of nitrogens with zero attached hydrogens (tertiary/aromatic N) is 3. The van der Waals surface area contributed by atoms with E-state index in [2.05, 4.69) is 14.9 Å². The van der Waals surface area contributed by atoms with Gasteiger partial charge in [-0.2, -0.15) is 0 Å².